The minimum atomic E-state index is -0.447. The van der Waals surface area contributed by atoms with Gasteiger partial charge in [0.2, 0.25) is 0 Å². The molecule has 0 fully saturated rings. The SMILES string of the molecule is Cc1ccc(OCCC(=O)OCC(=O)c2ccc(C)cc2)cc1. The molecule has 0 aliphatic heterocycles. The van der Waals surface area contributed by atoms with E-state index in [4.69, 9.17) is 9.47 Å². The van der Waals surface area contributed by atoms with Gasteiger partial charge in [-0.3, -0.25) is 9.59 Å². The van der Waals surface area contributed by atoms with E-state index in [-0.39, 0.29) is 25.4 Å². The van der Waals surface area contributed by atoms with Crippen molar-refractivity contribution in [2.45, 2.75) is 20.3 Å². The van der Waals surface area contributed by atoms with E-state index in [0.29, 0.717) is 11.3 Å². The van der Waals surface area contributed by atoms with Gasteiger partial charge in [0.05, 0.1) is 13.0 Å². The molecule has 2 aromatic carbocycles. The van der Waals surface area contributed by atoms with Crippen molar-refractivity contribution in [1.82, 2.24) is 0 Å². The van der Waals surface area contributed by atoms with Gasteiger partial charge in [-0.1, -0.05) is 47.5 Å². The van der Waals surface area contributed by atoms with E-state index < -0.39 is 5.97 Å². The Bertz CT molecular complexity index is 657. The van der Waals surface area contributed by atoms with Crippen LogP contribution in [0.1, 0.15) is 27.9 Å². The molecular weight excluding hydrogens is 292 g/mol. The van der Waals surface area contributed by atoms with Crippen molar-refractivity contribution in [3.05, 3.63) is 65.2 Å². The first-order valence-electron chi connectivity index (χ1n) is 7.49. The quantitative estimate of drug-likeness (QED) is 0.580. The zero-order valence-corrected chi connectivity index (χ0v) is 13.4. The molecule has 4 nitrogen and oxygen atoms in total. The molecule has 0 aliphatic rings. The number of hydrogen-bond acceptors (Lipinski definition) is 4. The first-order valence-corrected chi connectivity index (χ1v) is 7.49. The van der Waals surface area contributed by atoms with Crippen LogP contribution < -0.4 is 4.74 Å². The summed E-state index contributed by atoms with van der Waals surface area (Å²) in [6.07, 6.45) is 0.106. The number of hydrogen-bond donors (Lipinski definition) is 0. The zero-order chi connectivity index (χ0) is 16.7. The van der Waals surface area contributed by atoms with Crippen LogP contribution in [0, 0.1) is 13.8 Å². The molecule has 0 bridgehead atoms. The number of ketones is 1. The third-order valence-electron chi connectivity index (χ3n) is 3.33. The Balaban J connectivity index is 1.69. The number of rotatable bonds is 7. The van der Waals surface area contributed by atoms with Crippen LogP contribution >= 0.6 is 0 Å². The summed E-state index contributed by atoms with van der Waals surface area (Å²) >= 11 is 0. The minimum absolute atomic E-state index is 0.106. The van der Waals surface area contributed by atoms with Crippen molar-refractivity contribution in [1.29, 1.82) is 0 Å². The molecular formula is C19H20O4. The lowest BCUT2D eigenvalue weighted by molar-refractivity contribution is -0.143. The van der Waals surface area contributed by atoms with Gasteiger partial charge in [0.1, 0.15) is 5.75 Å². The van der Waals surface area contributed by atoms with Crippen LogP contribution in [0.5, 0.6) is 5.75 Å². The van der Waals surface area contributed by atoms with Gasteiger partial charge in [-0.25, -0.2) is 0 Å². The van der Waals surface area contributed by atoms with Crippen molar-refractivity contribution in [3.8, 4) is 5.75 Å². The van der Waals surface area contributed by atoms with Gasteiger partial charge in [-0.2, -0.15) is 0 Å². The summed E-state index contributed by atoms with van der Waals surface area (Å²) in [5.74, 6) is 0.0505. The van der Waals surface area contributed by atoms with Crippen molar-refractivity contribution in [3.63, 3.8) is 0 Å². The van der Waals surface area contributed by atoms with Gasteiger partial charge >= 0.3 is 5.97 Å². The number of carbonyl (C=O) groups is 2. The van der Waals surface area contributed by atoms with E-state index >= 15 is 0 Å². The molecule has 23 heavy (non-hydrogen) atoms. The number of aryl methyl sites for hydroxylation is 2. The molecule has 0 saturated carbocycles. The molecule has 0 aromatic heterocycles. The molecule has 0 heterocycles. The van der Waals surface area contributed by atoms with Crippen LogP contribution in [-0.4, -0.2) is 25.0 Å². The second-order valence-corrected chi connectivity index (χ2v) is 5.36. The van der Waals surface area contributed by atoms with Crippen LogP contribution in [0.3, 0.4) is 0 Å². The van der Waals surface area contributed by atoms with Gasteiger partial charge in [-0.05, 0) is 26.0 Å². The smallest absolute Gasteiger partial charge is 0.309 e. The lowest BCUT2D eigenvalue weighted by Gasteiger charge is -2.07. The monoisotopic (exact) mass is 312 g/mol. The zero-order valence-electron chi connectivity index (χ0n) is 13.4. The topological polar surface area (TPSA) is 52.6 Å². The second kappa shape index (κ2) is 8.13. The minimum Gasteiger partial charge on any atom is -0.493 e. The van der Waals surface area contributed by atoms with Crippen LogP contribution in [0.15, 0.2) is 48.5 Å². The second-order valence-electron chi connectivity index (χ2n) is 5.36. The lowest BCUT2D eigenvalue weighted by atomic mass is 10.1. The number of benzene rings is 2. The average Bonchev–Trinajstić information content (AvgIpc) is 2.55. The van der Waals surface area contributed by atoms with E-state index in [1.165, 1.54) is 0 Å². The van der Waals surface area contributed by atoms with Gasteiger partial charge in [0, 0.05) is 5.56 Å². The Labute approximate surface area is 136 Å². The molecule has 0 amide bonds. The summed E-state index contributed by atoms with van der Waals surface area (Å²) < 4.78 is 10.4. The Morgan fingerprint density at radius 2 is 1.43 bits per heavy atom. The Hall–Kier alpha value is -2.62. The number of ether oxygens (including phenoxy) is 2. The fourth-order valence-electron chi connectivity index (χ4n) is 1.93. The average molecular weight is 312 g/mol. The van der Waals surface area contributed by atoms with Gasteiger partial charge in [-0.15, -0.1) is 0 Å². The molecule has 0 aliphatic carbocycles. The summed E-state index contributed by atoms with van der Waals surface area (Å²) in [7, 11) is 0. The highest BCUT2D eigenvalue weighted by molar-refractivity contribution is 5.97. The van der Waals surface area contributed by atoms with E-state index in [2.05, 4.69) is 0 Å². The highest BCUT2D eigenvalue weighted by Gasteiger charge is 2.10. The first kappa shape index (κ1) is 16.7. The molecule has 0 radical (unpaired) electrons. The maximum atomic E-state index is 11.9. The van der Waals surface area contributed by atoms with Gasteiger partial charge in [0.25, 0.3) is 0 Å². The first-order chi connectivity index (χ1) is 11.0. The fraction of sp³-hybridized carbons (Fsp3) is 0.263. The van der Waals surface area contributed by atoms with Crippen LogP contribution in [-0.2, 0) is 9.53 Å². The maximum absolute atomic E-state index is 11.9. The molecule has 0 saturated heterocycles. The summed E-state index contributed by atoms with van der Waals surface area (Å²) in [4.78, 5) is 23.5. The third-order valence-corrected chi connectivity index (χ3v) is 3.33. The van der Waals surface area contributed by atoms with Gasteiger partial charge in [0.15, 0.2) is 12.4 Å². The van der Waals surface area contributed by atoms with E-state index in [9.17, 15) is 9.59 Å². The summed E-state index contributed by atoms with van der Waals surface area (Å²) in [5, 5.41) is 0. The van der Waals surface area contributed by atoms with Crippen LogP contribution in [0.2, 0.25) is 0 Å². The Morgan fingerprint density at radius 3 is 2.04 bits per heavy atom. The molecule has 0 spiro atoms. The number of carbonyl (C=O) groups excluding carboxylic acids is 2. The highest BCUT2D eigenvalue weighted by atomic mass is 16.5. The molecule has 2 aromatic rings. The van der Waals surface area contributed by atoms with Crippen LogP contribution in [0.4, 0.5) is 0 Å². The Kier molecular flexibility index (Phi) is 5.92. The summed E-state index contributed by atoms with van der Waals surface area (Å²) in [6.45, 7) is 3.92. The van der Waals surface area contributed by atoms with Crippen LogP contribution in [0.25, 0.3) is 0 Å². The standard InChI is InChI=1S/C19H20O4/c1-14-3-7-16(8-4-14)18(20)13-23-19(21)11-12-22-17-9-5-15(2)6-10-17/h3-10H,11-13H2,1-2H3. The normalized spacial score (nSPS) is 10.2. The number of Topliss-reactive ketones (excluding diaryl/α,β-unsaturated/α-hetero) is 1. The molecule has 120 valence electrons. The predicted molar refractivity (Wildman–Crippen MR) is 87.8 cm³/mol. The van der Waals surface area contributed by atoms with Gasteiger partial charge < -0.3 is 9.47 Å². The molecule has 2 rings (SSSR count). The van der Waals surface area contributed by atoms with E-state index in [1.54, 1.807) is 12.1 Å². The largest absolute Gasteiger partial charge is 0.493 e. The molecule has 4 heteroatoms. The molecule has 0 N–H and O–H groups in total. The fourth-order valence-corrected chi connectivity index (χ4v) is 1.93. The molecule has 0 unspecified atom stereocenters. The van der Waals surface area contributed by atoms with Crippen molar-refractivity contribution in [2.75, 3.05) is 13.2 Å². The number of esters is 1. The van der Waals surface area contributed by atoms with Crippen molar-refractivity contribution < 1.29 is 19.1 Å². The maximum Gasteiger partial charge on any atom is 0.309 e. The highest BCUT2D eigenvalue weighted by Crippen LogP contribution is 2.11. The van der Waals surface area contributed by atoms with Crippen molar-refractivity contribution in [2.24, 2.45) is 0 Å². The summed E-state index contributed by atoms with van der Waals surface area (Å²) in [5.41, 5.74) is 2.76. The Morgan fingerprint density at radius 1 is 0.870 bits per heavy atom. The van der Waals surface area contributed by atoms with E-state index in [0.717, 1.165) is 11.1 Å². The third kappa shape index (κ3) is 5.58. The van der Waals surface area contributed by atoms with Crippen molar-refractivity contribution >= 4 is 11.8 Å². The summed E-state index contributed by atoms with van der Waals surface area (Å²) in [6, 6.07) is 14.7. The lowest BCUT2D eigenvalue weighted by Crippen LogP contribution is -2.16. The van der Waals surface area contributed by atoms with E-state index in [1.807, 2.05) is 50.2 Å². The molecule has 0 atom stereocenters. The predicted octanol–water partition coefficient (Wildman–Crippen LogP) is 3.50.